The van der Waals surface area contributed by atoms with Crippen molar-refractivity contribution in [2.24, 2.45) is 0 Å². The summed E-state index contributed by atoms with van der Waals surface area (Å²) in [5, 5.41) is 3.64. The van der Waals surface area contributed by atoms with Gasteiger partial charge in [-0.2, -0.15) is 0 Å². The molecule has 5 aromatic rings. The molecule has 28 heavy (non-hydrogen) atoms. The molecular weight excluding hydrogens is 362 g/mol. The number of pyridine rings is 1. The molecule has 0 aliphatic heterocycles. The summed E-state index contributed by atoms with van der Waals surface area (Å²) in [6.07, 6.45) is 1.98. The fraction of sp³-hybridized carbons (Fsp3) is 0.240. The van der Waals surface area contributed by atoms with Crippen LogP contribution in [0.2, 0.25) is 0 Å². The molecule has 3 heteroatoms. The van der Waals surface area contributed by atoms with Crippen LogP contribution in [0, 0.1) is 20.8 Å². The van der Waals surface area contributed by atoms with Crippen molar-refractivity contribution in [2.75, 3.05) is 0 Å². The average Bonchev–Trinajstić information content (AvgIpc) is 3.20. The Kier molecular flexibility index (Phi) is 3.85. The maximum Gasteiger partial charge on any atom is 0.153 e. The molecule has 0 aliphatic carbocycles. The highest BCUT2D eigenvalue weighted by atomic mass is 32.1. The maximum absolute atomic E-state index is 6.52. The SMILES string of the molecule is Cc1cnc(-c2cccc3c2oc2c3ccc3c(C)c(C)sc32)cc1C(C)C. The zero-order chi connectivity index (χ0) is 19.6. The number of nitrogens with zero attached hydrogens (tertiary/aromatic N) is 1. The second kappa shape index (κ2) is 6.18. The Morgan fingerprint density at radius 1 is 0.929 bits per heavy atom. The lowest BCUT2D eigenvalue weighted by molar-refractivity contribution is 0.674. The maximum atomic E-state index is 6.52. The molecule has 0 amide bonds. The number of para-hydroxylation sites is 1. The van der Waals surface area contributed by atoms with Crippen molar-refractivity contribution in [3.63, 3.8) is 0 Å². The third kappa shape index (κ3) is 2.43. The first kappa shape index (κ1) is 17.4. The number of hydrogen-bond donors (Lipinski definition) is 0. The Hall–Kier alpha value is -2.65. The van der Waals surface area contributed by atoms with Crippen molar-refractivity contribution in [2.45, 2.75) is 40.5 Å². The second-order valence-electron chi connectivity index (χ2n) is 7.97. The van der Waals surface area contributed by atoms with E-state index in [0.717, 1.165) is 27.8 Å². The second-order valence-corrected chi connectivity index (χ2v) is 9.19. The minimum Gasteiger partial charge on any atom is -0.454 e. The van der Waals surface area contributed by atoms with Crippen molar-refractivity contribution in [1.29, 1.82) is 0 Å². The van der Waals surface area contributed by atoms with E-state index < -0.39 is 0 Å². The van der Waals surface area contributed by atoms with Gasteiger partial charge in [0, 0.05) is 27.4 Å². The van der Waals surface area contributed by atoms with Crippen LogP contribution >= 0.6 is 11.3 Å². The molecule has 5 rings (SSSR count). The first-order valence-corrected chi connectivity index (χ1v) is 10.6. The molecule has 0 bridgehead atoms. The fourth-order valence-corrected chi connectivity index (χ4v) is 5.31. The van der Waals surface area contributed by atoms with Crippen LogP contribution in [0.1, 0.15) is 41.3 Å². The third-order valence-electron chi connectivity index (χ3n) is 5.85. The molecule has 3 aromatic heterocycles. The van der Waals surface area contributed by atoms with Crippen molar-refractivity contribution < 1.29 is 4.42 Å². The first-order chi connectivity index (χ1) is 13.5. The first-order valence-electron chi connectivity index (χ1n) is 9.76. The van der Waals surface area contributed by atoms with E-state index >= 15 is 0 Å². The molecule has 0 aliphatic rings. The zero-order valence-corrected chi connectivity index (χ0v) is 17.7. The van der Waals surface area contributed by atoms with Gasteiger partial charge in [-0.25, -0.2) is 0 Å². The van der Waals surface area contributed by atoms with Gasteiger partial charge in [-0.3, -0.25) is 4.98 Å². The standard InChI is InChI=1S/C25H23NOS/c1-13(2)21-11-22(26-12-14(21)3)20-8-6-7-18-19-10-9-17-15(4)16(5)28-25(17)24(19)27-23(18)20/h6-13H,1-5H3. The normalized spacial score (nSPS) is 12.1. The summed E-state index contributed by atoms with van der Waals surface area (Å²) in [6.45, 7) is 11.0. The molecule has 0 unspecified atom stereocenters. The summed E-state index contributed by atoms with van der Waals surface area (Å²) >= 11 is 1.82. The number of fused-ring (bicyclic) bond motifs is 5. The molecule has 0 fully saturated rings. The lowest BCUT2D eigenvalue weighted by Crippen LogP contribution is -1.95. The number of aryl methyl sites for hydroxylation is 3. The number of furan rings is 1. The van der Waals surface area contributed by atoms with Crippen LogP contribution in [-0.4, -0.2) is 4.98 Å². The highest BCUT2D eigenvalue weighted by molar-refractivity contribution is 7.20. The summed E-state index contributed by atoms with van der Waals surface area (Å²) in [5.74, 6) is 0.466. The van der Waals surface area contributed by atoms with Gasteiger partial charge in [-0.05, 0) is 67.0 Å². The van der Waals surface area contributed by atoms with Gasteiger partial charge in [0.1, 0.15) is 5.58 Å². The largest absolute Gasteiger partial charge is 0.454 e. The highest BCUT2D eigenvalue weighted by Crippen LogP contribution is 2.42. The number of hydrogen-bond acceptors (Lipinski definition) is 3. The molecule has 2 nitrogen and oxygen atoms in total. The van der Waals surface area contributed by atoms with Gasteiger partial charge in [0.2, 0.25) is 0 Å². The Balaban J connectivity index is 1.84. The summed E-state index contributed by atoms with van der Waals surface area (Å²) in [5.41, 5.74) is 7.90. The average molecular weight is 386 g/mol. The zero-order valence-electron chi connectivity index (χ0n) is 16.9. The molecule has 0 saturated heterocycles. The van der Waals surface area contributed by atoms with E-state index in [4.69, 9.17) is 9.40 Å². The van der Waals surface area contributed by atoms with E-state index in [0.29, 0.717) is 5.92 Å². The minimum atomic E-state index is 0.466. The van der Waals surface area contributed by atoms with Crippen LogP contribution in [0.15, 0.2) is 47.0 Å². The third-order valence-corrected chi connectivity index (χ3v) is 7.07. The lowest BCUT2D eigenvalue weighted by atomic mass is 9.97. The number of benzene rings is 2. The van der Waals surface area contributed by atoms with E-state index in [-0.39, 0.29) is 0 Å². The summed E-state index contributed by atoms with van der Waals surface area (Å²) < 4.78 is 7.77. The number of thiophene rings is 1. The topological polar surface area (TPSA) is 26.0 Å². The predicted molar refractivity (Wildman–Crippen MR) is 121 cm³/mol. The van der Waals surface area contributed by atoms with E-state index in [2.05, 4.69) is 71.0 Å². The van der Waals surface area contributed by atoms with Crippen molar-refractivity contribution in [3.8, 4) is 11.3 Å². The van der Waals surface area contributed by atoms with Crippen LogP contribution in [0.5, 0.6) is 0 Å². The van der Waals surface area contributed by atoms with Crippen molar-refractivity contribution in [3.05, 3.63) is 64.2 Å². The molecule has 0 saturated carbocycles. The molecule has 0 N–H and O–H groups in total. The Bertz CT molecular complexity index is 1370. The smallest absolute Gasteiger partial charge is 0.153 e. The quantitative estimate of drug-likeness (QED) is 0.308. The van der Waals surface area contributed by atoms with Gasteiger partial charge < -0.3 is 4.42 Å². The molecule has 0 radical (unpaired) electrons. The lowest BCUT2D eigenvalue weighted by Gasteiger charge is -2.11. The number of rotatable bonds is 2. The highest BCUT2D eigenvalue weighted by Gasteiger charge is 2.18. The van der Waals surface area contributed by atoms with Gasteiger partial charge in [0.25, 0.3) is 0 Å². The van der Waals surface area contributed by atoms with Crippen molar-refractivity contribution in [1.82, 2.24) is 4.98 Å². The predicted octanol–water partition coefficient (Wildman–Crippen LogP) is 7.91. The van der Waals surface area contributed by atoms with Crippen LogP contribution in [0.25, 0.3) is 43.3 Å². The molecule has 0 atom stereocenters. The van der Waals surface area contributed by atoms with Crippen molar-refractivity contribution >= 4 is 43.4 Å². The summed E-state index contributed by atoms with van der Waals surface area (Å²) in [7, 11) is 0. The molecule has 3 heterocycles. The Morgan fingerprint density at radius 3 is 2.46 bits per heavy atom. The fourth-order valence-electron chi connectivity index (χ4n) is 4.16. The Labute approximate surface area is 168 Å². The van der Waals surface area contributed by atoms with Gasteiger partial charge >= 0.3 is 0 Å². The van der Waals surface area contributed by atoms with Crippen LogP contribution in [0.4, 0.5) is 0 Å². The molecule has 140 valence electrons. The monoisotopic (exact) mass is 385 g/mol. The Morgan fingerprint density at radius 2 is 1.68 bits per heavy atom. The molecule has 0 spiro atoms. The summed E-state index contributed by atoms with van der Waals surface area (Å²) in [6, 6.07) is 13.0. The molecular formula is C25H23NOS. The minimum absolute atomic E-state index is 0.466. The number of aromatic nitrogens is 1. The molecule has 2 aromatic carbocycles. The van der Waals surface area contributed by atoms with Gasteiger partial charge in [-0.1, -0.05) is 32.0 Å². The summed E-state index contributed by atoms with van der Waals surface area (Å²) in [4.78, 5) is 6.09. The van der Waals surface area contributed by atoms with Crippen LogP contribution < -0.4 is 0 Å². The van der Waals surface area contributed by atoms with E-state index in [1.807, 2.05) is 17.5 Å². The van der Waals surface area contributed by atoms with E-state index in [1.54, 1.807) is 0 Å². The van der Waals surface area contributed by atoms with Gasteiger partial charge in [-0.15, -0.1) is 11.3 Å². The van der Waals surface area contributed by atoms with Gasteiger partial charge in [0.05, 0.1) is 10.4 Å². The van der Waals surface area contributed by atoms with E-state index in [9.17, 15) is 0 Å². The van der Waals surface area contributed by atoms with E-state index in [1.165, 1.54) is 37.0 Å². The van der Waals surface area contributed by atoms with Gasteiger partial charge in [0.15, 0.2) is 5.58 Å². The van der Waals surface area contributed by atoms with Crippen LogP contribution in [-0.2, 0) is 0 Å². The van der Waals surface area contributed by atoms with Crippen LogP contribution in [0.3, 0.4) is 0 Å².